The van der Waals surface area contributed by atoms with Crippen LogP contribution in [-0.4, -0.2) is 12.1 Å². The van der Waals surface area contributed by atoms with Crippen LogP contribution in [0.25, 0.3) is 33.1 Å². The minimum absolute atomic E-state index is 0.823. The van der Waals surface area contributed by atoms with Crippen molar-refractivity contribution in [2.24, 2.45) is 7.05 Å². The summed E-state index contributed by atoms with van der Waals surface area (Å²) in [5.74, 6) is 1.73. The highest BCUT2D eigenvalue weighted by Gasteiger charge is 2.23. The van der Waals surface area contributed by atoms with E-state index in [1.165, 1.54) is 16.3 Å². The van der Waals surface area contributed by atoms with Gasteiger partial charge >= 0.3 is 5.82 Å². The number of hydrogen-bond acceptors (Lipinski definition) is 2. The molecule has 3 aromatic carbocycles. The fourth-order valence-electron chi connectivity index (χ4n) is 3.27. The minimum atomic E-state index is 0.823. The molecular weight excluding hydrogens is 296 g/mol. The van der Waals surface area contributed by atoms with Crippen molar-refractivity contribution in [2.45, 2.75) is 6.92 Å². The van der Waals surface area contributed by atoms with Crippen LogP contribution in [0, 0.1) is 6.92 Å². The molecule has 0 spiro atoms. The van der Waals surface area contributed by atoms with Crippen LogP contribution in [0.2, 0.25) is 0 Å². The van der Waals surface area contributed by atoms with Crippen molar-refractivity contribution in [3.05, 3.63) is 66.2 Å². The Kier molecular flexibility index (Phi) is 3.42. The number of aromatic nitrogens is 2. The summed E-state index contributed by atoms with van der Waals surface area (Å²) in [6.45, 7) is 2.11. The maximum absolute atomic E-state index is 5.73. The topological polar surface area (TPSA) is 26.0 Å². The molecule has 4 aromatic rings. The molecule has 3 heteroatoms. The highest BCUT2D eigenvalue weighted by molar-refractivity contribution is 5.98. The number of aryl methyl sites for hydroxylation is 1. The summed E-state index contributed by atoms with van der Waals surface area (Å²) >= 11 is 0. The van der Waals surface area contributed by atoms with E-state index >= 15 is 0 Å². The van der Waals surface area contributed by atoms with Crippen LogP contribution >= 0.6 is 0 Å². The zero-order valence-corrected chi connectivity index (χ0v) is 14.1. The average Bonchev–Trinajstić information content (AvgIpc) is 2.60. The Bertz CT molecular complexity index is 1070. The van der Waals surface area contributed by atoms with Gasteiger partial charge < -0.3 is 4.74 Å². The predicted octanol–water partition coefficient (Wildman–Crippen LogP) is 4.20. The molecule has 0 fully saturated rings. The van der Waals surface area contributed by atoms with Gasteiger partial charge in [-0.15, -0.1) is 0 Å². The van der Waals surface area contributed by atoms with Gasteiger partial charge in [-0.2, -0.15) is 4.57 Å². The average molecular weight is 315 g/mol. The Balaban J connectivity index is 2.11. The molecule has 0 amide bonds. The summed E-state index contributed by atoms with van der Waals surface area (Å²) in [7, 11) is 3.72. The lowest BCUT2D eigenvalue weighted by Gasteiger charge is -2.09. The van der Waals surface area contributed by atoms with E-state index in [0.717, 1.165) is 28.2 Å². The van der Waals surface area contributed by atoms with E-state index in [0.29, 0.717) is 0 Å². The highest BCUT2D eigenvalue weighted by Crippen LogP contribution is 2.29. The monoisotopic (exact) mass is 315 g/mol. The Morgan fingerprint density at radius 3 is 2.29 bits per heavy atom. The van der Waals surface area contributed by atoms with Crippen LogP contribution in [0.15, 0.2) is 60.7 Å². The van der Waals surface area contributed by atoms with E-state index in [9.17, 15) is 0 Å². The van der Waals surface area contributed by atoms with Gasteiger partial charge in [-0.1, -0.05) is 42.5 Å². The van der Waals surface area contributed by atoms with Crippen LogP contribution in [0.1, 0.15) is 5.56 Å². The van der Waals surface area contributed by atoms with Gasteiger partial charge in [0.2, 0.25) is 0 Å². The standard InChI is InChI=1S/C21H19N2O/c1-14-8-4-7-11-17(14)20-22-19-13-16-10-6-5-9-15(16)12-18(19)21(24-3)23(20)2/h4-13H,1-3H3/q+1. The van der Waals surface area contributed by atoms with Gasteiger partial charge in [-0.3, -0.25) is 0 Å². The second-order valence-corrected chi connectivity index (χ2v) is 6.04. The van der Waals surface area contributed by atoms with Gasteiger partial charge in [-0.05, 0) is 46.4 Å². The molecule has 24 heavy (non-hydrogen) atoms. The molecule has 0 atom stereocenters. The van der Waals surface area contributed by atoms with Crippen LogP contribution < -0.4 is 9.30 Å². The molecule has 0 aliphatic carbocycles. The Labute approximate surface area is 141 Å². The second kappa shape index (κ2) is 5.60. The summed E-state index contributed by atoms with van der Waals surface area (Å²) in [6.07, 6.45) is 0. The Morgan fingerprint density at radius 1 is 0.917 bits per heavy atom. The first-order valence-corrected chi connectivity index (χ1v) is 8.01. The van der Waals surface area contributed by atoms with Crippen molar-refractivity contribution < 1.29 is 9.30 Å². The Hall–Kier alpha value is -2.94. The second-order valence-electron chi connectivity index (χ2n) is 6.04. The van der Waals surface area contributed by atoms with Crippen LogP contribution in [-0.2, 0) is 7.05 Å². The van der Waals surface area contributed by atoms with Gasteiger partial charge in [0.05, 0.1) is 19.7 Å². The maximum Gasteiger partial charge on any atom is 0.333 e. The number of methoxy groups -OCH3 is 1. The summed E-state index contributed by atoms with van der Waals surface area (Å²) in [6, 6.07) is 20.9. The first kappa shape index (κ1) is 14.6. The molecule has 0 radical (unpaired) electrons. The molecule has 0 N–H and O–H groups in total. The molecule has 118 valence electrons. The lowest BCUT2D eigenvalue weighted by molar-refractivity contribution is -0.666. The van der Waals surface area contributed by atoms with E-state index < -0.39 is 0 Å². The molecule has 0 saturated heterocycles. The lowest BCUT2D eigenvalue weighted by atomic mass is 10.1. The molecule has 0 aliphatic heterocycles. The molecule has 0 aliphatic rings. The number of benzene rings is 3. The van der Waals surface area contributed by atoms with Crippen molar-refractivity contribution in [3.8, 4) is 17.3 Å². The highest BCUT2D eigenvalue weighted by atomic mass is 16.5. The predicted molar refractivity (Wildman–Crippen MR) is 97.2 cm³/mol. The number of ether oxygens (including phenoxy) is 1. The summed E-state index contributed by atoms with van der Waals surface area (Å²) in [5.41, 5.74) is 3.26. The van der Waals surface area contributed by atoms with Crippen LogP contribution in [0.3, 0.4) is 0 Å². The fraction of sp³-hybridized carbons (Fsp3) is 0.143. The summed E-state index contributed by atoms with van der Waals surface area (Å²) < 4.78 is 7.76. The van der Waals surface area contributed by atoms with E-state index in [2.05, 4.69) is 55.5 Å². The molecule has 0 saturated carbocycles. The smallest absolute Gasteiger partial charge is 0.333 e. The molecule has 1 aromatic heterocycles. The van der Waals surface area contributed by atoms with E-state index in [4.69, 9.17) is 9.72 Å². The molecule has 0 unspecified atom stereocenters. The normalized spacial score (nSPS) is 11.1. The van der Waals surface area contributed by atoms with Gasteiger partial charge in [-0.25, -0.2) is 0 Å². The minimum Gasteiger partial charge on any atom is -0.465 e. The van der Waals surface area contributed by atoms with E-state index in [1.54, 1.807) is 7.11 Å². The lowest BCUT2D eigenvalue weighted by Crippen LogP contribution is -2.34. The zero-order valence-electron chi connectivity index (χ0n) is 14.1. The largest absolute Gasteiger partial charge is 0.465 e. The molecular formula is C21H19N2O+. The first-order chi connectivity index (χ1) is 11.7. The van der Waals surface area contributed by atoms with Gasteiger partial charge in [0, 0.05) is 0 Å². The maximum atomic E-state index is 5.73. The number of rotatable bonds is 2. The van der Waals surface area contributed by atoms with Crippen molar-refractivity contribution in [1.82, 2.24) is 4.98 Å². The number of hydrogen-bond donors (Lipinski definition) is 0. The van der Waals surface area contributed by atoms with Crippen molar-refractivity contribution in [2.75, 3.05) is 7.11 Å². The summed E-state index contributed by atoms with van der Waals surface area (Å²) in [4.78, 5) is 4.95. The van der Waals surface area contributed by atoms with Crippen LogP contribution in [0.5, 0.6) is 5.88 Å². The van der Waals surface area contributed by atoms with Crippen molar-refractivity contribution in [1.29, 1.82) is 0 Å². The third-order valence-electron chi connectivity index (χ3n) is 4.52. The zero-order chi connectivity index (χ0) is 16.7. The van der Waals surface area contributed by atoms with Gasteiger partial charge in [0.25, 0.3) is 5.88 Å². The van der Waals surface area contributed by atoms with Gasteiger partial charge in [0.15, 0.2) is 5.52 Å². The van der Waals surface area contributed by atoms with E-state index in [-0.39, 0.29) is 0 Å². The van der Waals surface area contributed by atoms with Crippen molar-refractivity contribution >= 4 is 21.7 Å². The molecule has 0 bridgehead atoms. The quantitative estimate of drug-likeness (QED) is 0.409. The molecule has 3 nitrogen and oxygen atoms in total. The number of nitrogens with zero attached hydrogens (tertiary/aromatic N) is 2. The van der Waals surface area contributed by atoms with Crippen LogP contribution in [0.4, 0.5) is 0 Å². The third-order valence-corrected chi connectivity index (χ3v) is 4.52. The molecule has 4 rings (SSSR count). The third kappa shape index (κ3) is 2.21. The summed E-state index contributed by atoms with van der Waals surface area (Å²) in [5, 5.41) is 3.40. The Morgan fingerprint density at radius 2 is 1.58 bits per heavy atom. The number of fused-ring (bicyclic) bond motifs is 2. The first-order valence-electron chi connectivity index (χ1n) is 8.01. The fourth-order valence-corrected chi connectivity index (χ4v) is 3.27. The molecule has 1 heterocycles. The van der Waals surface area contributed by atoms with Gasteiger partial charge in [0.1, 0.15) is 5.39 Å². The SMILES string of the molecule is COc1c2cc3ccccc3cc2nc(-c2ccccc2C)[n+]1C. The van der Waals surface area contributed by atoms with Crippen molar-refractivity contribution in [3.63, 3.8) is 0 Å². The van der Waals surface area contributed by atoms with E-state index in [1.807, 2.05) is 23.7 Å².